The van der Waals surface area contributed by atoms with E-state index in [9.17, 15) is 4.79 Å². The molecule has 0 radical (unpaired) electrons. The third kappa shape index (κ3) is 3.28. The average molecular weight is 337 g/mol. The van der Waals surface area contributed by atoms with Gasteiger partial charge in [0.1, 0.15) is 0 Å². The fourth-order valence-corrected chi connectivity index (χ4v) is 4.16. The van der Waals surface area contributed by atoms with Gasteiger partial charge in [0.25, 0.3) is 5.91 Å². The van der Waals surface area contributed by atoms with Crippen LogP contribution in [-0.2, 0) is 7.05 Å². The third-order valence-electron chi connectivity index (χ3n) is 3.70. The second-order valence-electron chi connectivity index (χ2n) is 5.24. The lowest BCUT2D eigenvalue weighted by Crippen LogP contribution is -2.33. The van der Waals surface area contributed by atoms with Crippen LogP contribution in [0.15, 0.2) is 30.5 Å². The molecule has 1 amide bonds. The van der Waals surface area contributed by atoms with Gasteiger partial charge in [0, 0.05) is 36.2 Å². The lowest BCUT2D eigenvalue weighted by molar-refractivity contribution is 0.0760. The summed E-state index contributed by atoms with van der Waals surface area (Å²) < 4.78 is 1.55. The normalized spacial score (nSPS) is 19.0. The monoisotopic (exact) mass is 336 g/mol. The van der Waals surface area contributed by atoms with Crippen LogP contribution in [0.1, 0.15) is 27.7 Å². The van der Waals surface area contributed by atoms with Crippen molar-refractivity contribution in [2.24, 2.45) is 7.05 Å². The van der Waals surface area contributed by atoms with Gasteiger partial charge in [-0.05, 0) is 18.1 Å². The lowest BCUT2D eigenvalue weighted by atomic mass is 10.1. The summed E-state index contributed by atoms with van der Waals surface area (Å²) in [6.45, 7) is 1.43. The van der Waals surface area contributed by atoms with Crippen LogP contribution in [0.3, 0.4) is 0 Å². The van der Waals surface area contributed by atoms with Crippen molar-refractivity contribution in [1.29, 1.82) is 0 Å². The number of aryl methyl sites for hydroxylation is 1. The van der Waals surface area contributed by atoms with Gasteiger partial charge in [-0.3, -0.25) is 9.48 Å². The molecule has 5 nitrogen and oxygen atoms in total. The SMILES string of the molecule is Cn1cc(C(=O)N2CCS[C@@H](c3ccccc3Cl)CC2)nn1. The first-order valence-corrected chi connectivity index (χ1v) is 8.59. The maximum absolute atomic E-state index is 12.5. The van der Waals surface area contributed by atoms with Crippen LogP contribution in [0.4, 0.5) is 0 Å². The van der Waals surface area contributed by atoms with Gasteiger partial charge in [-0.25, -0.2) is 0 Å². The van der Waals surface area contributed by atoms with Crippen LogP contribution in [0.25, 0.3) is 0 Å². The number of thioether (sulfide) groups is 1. The number of carbonyl (C=O) groups is 1. The molecule has 2 aromatic rings. The number of amides is 1. The summed E-state index contributed by atoms with van der Waals surface area (Å²) in [7, 11) is 1.76. The highest BCUT2D eigenvalue weighted by Gasteiger charge is 2.25. The highest BCUT2D eigenvalue weighted by Crippen LogP contribution is 2.37. The molecule has 1 fully saturated rings. The van der Waals surface area contributed by atoms with Gasteiger partial charge < -0.3 is 4.90 Å². The molecule has 1 aromatic heterocycles. The highest BCUT2D eigenvalue weighted by atomic mass is 35.5. The number of benzene rings is 1. The second-order valence-corrected chi connectivity index (χ2v) is 6.96. The molecular weight excluding hydrogens is 320 g/mol. The Balaban J connectivity index is 1.70. The minimum atomic E-state index is -0.0477. The molecule has 1 aliphatic heterocycles. The Bertz CT molecular complexity index is 675. The molecule has 0 spiro atoms. The Morgan fingerprint density at radius 1 is 1.36 bits per heavy atom. The Morgan fingerprint density at radius 2 is 2.18 bits per heavy atom. The summed E-state index contributed by atoms with van der Waals surface area (Å²) in [5, 5.41) is 8.86. The number of rotatable bonds is 2. The van der Waals surface area contributed by atoms with Crippen molar-refractivity contribution in [2.75, 3.05) is 18.8 Å². The third-order valence-corrected chi connectivity index (χ3v) is 5.36. The van der Waals surface area contributed by atoms with Crippen molar-refractivity contribution in [3.05, 3.63) is 46.7 Å². The largest absolute Gasteiger partial charge is 0.336 e. The number of nitrogens with zero attached hydrogens (tertiary/aromatic N) is 4. The van der Waals surface area contributed by atoms with Crippen LogP contribution >= 0.6 is 23.4 Å². The first-order chi connectivity index (χ1) is 10.6. The number of hydrogen-bond acceptors (Lipinski definition) is 4. The Kier molecular flexibility index (Phi) is 4.69. The molecule has 116 valence electrons. The van der Waals surface area contributed by atoms with Crippen LogP contribution in [0.5, 0.6) is 0 Å². The second kappa shape index (κ2) is 6.71. The van der Waals surface area contributed by atoms with Crippen LogP contribution in [-0.4, -0.2) is 44.6 Å². The van der Waals surface area contributed by atoms with Crippen molar-refractivity contribution in [3.8, 4) is 0 Å². The van der Waals surface area contributed by atoms with Gasteiger partial charge in [-0.15, -0.1) is 5.10 Å². The minimum Gasteiger partial charge on any atom is -0.336 e. The van der Waals surface area contributed by atoms with Crippen molar-refractivity contribution in [2.45, 2.75) is 11.7 Å². The highest BCUT2D eigenvalue weighted by molar-refractivity contribution is 7.99. The molecule has 3 rings (SSSR count). The summed E-state index contributed by atoms with van der Waals surface area (Å²) in [4.78, 5) is 14.3. The number of carbonyl (C=O) groups excluding carboxylic acids is 1. The minimum absolute atomic E-state index is 0.0477. The Morgan fingerprint density at radius 3 is 2.91 bits per heavy atom. The lowest BCUT2D eigenvalue weighted by Gasteiger charge is -2.19. The maximum atomic E-state index is 12.5. The van der Waals surface area contributed by atoms with E-state index in [0.29, 0.717) is 17.5 Å². The summed E-state index contributed by atoms with van der Waals surface area (Å²) >= 11 is 8.15. The zero-order valence-electron chi connectivity index (χ0n) is 12.3. The first-order valence-electron chi connectivity index (χ1n) is 7.17. The molecule has 2 heterocycles. The summed E-state index contributed by atoms with van der Waals surface area (Å²) in [6, 6.07) is 7.94. The molecule has 0 aliphatic carbocycles. The molecule has 1 aliphatic rings. The smallest absolute Gasteiger partial charge is 0.276 e. The number of halogens is 1. The quantitative estimate of drug-likeness (QED) is 0.846. The predicted molar refractivity (Wildman–Crippen MR) is 88.2 cm³/mol. The average Bonchev–Trinajstić information content (AvgIpc) is 2.81. The molecule has 1 atom stereocenters. The van der Waals surface area contributed by atoms with E-state index < -0.39 is 0 Å². The summed E-state index contributed by atoms with van der Waals surface area (Å²) in [5.41, 5.74) is 1.56. The van der Waals surface area contributed by atoms with Crippen LogP contribution < -0.4 is 0 Å². The summed E-state index contributed by atoms with van der Waals surface area (Å²) in [6.07, 6.45) is 2.55. The molecule has 1 aromatic carbocycles. The van der Waals surface area contributed by atoms with Crippen molar-refractivity contribution in [1.82, 2.24) is 19.9 Å². The van der Waals surface area contributed by atoms with Crippen LogP contribution in [0.2, 0.25) is 5.02 Å². The molecule has 0 bridgehead atoms. The van der Waals surface area contributed by atoms with E-state index in [1.807, 2.05) is 34.9 Å². The standard InChI is InChI=1S/C15H17ClN4OS/c1-19-10-13(17-18-19)15(21)20-7-6-14(22-9-8-20)11-4-2-3-5-12(11)16/h2-5,10,14H,6-9H2,1H3/t14-/m1/s1. The molecule has 0 N–H and O–H groups in total. The van der Waals surface area contributed by atoms with Crippen molar-refractivity contribution < 1.29 is 4.79 Å². The number of hydrogen-bond donors (Lipinski definition) is 0. The fourth-order valence-electron chi connectivity index (χ4n) is 2.57. The molecule has 0 saturated carbocycles. The van der Waals surface area contributed by atoms with Crippen molar-refractivity contribution >= 4 is 29.3 Å². The van der Waals surface area contributed by atoms with Gasteiger partial charge in [0.2, 0.25) is 0 Å². The van der Waals surface area contributed by atoms with E-state index in [2.05, 4.69) is 16.4 Å². The zero-order valence-corrected chi connectivity index (χ0v) is 13.8. The first kappa shape index (κ1) is 15.4. The van der Waals surface area contributed by atoms with E-state index in [4.69, 9.17) is 11.6 Å². The Labute approximate surface area is 138 Å². The van der Waals surface area contributed by atoms with Crippen molar-refractivity contribution in [3.63, 3.8) is 0 Å². The topological polar surface area (TPSA) is 51.0 Å². The van der Waals surface area contributed by atoms with Crippen LogP contribution in [0, 0.1) is 0 Å². The predicted octanol–water partition coefficient (Wildman–Crippen LogP) is 2.79. The molecule has 22 heavy (non-hydrogen) atoms. The van der Waals surface area contributed by atoms with E-state index in [1.165, 1.54) is 0 Å². The van der Waals surface area contributed by atoms with E-state index in [1.54, 1.807) is 17.9 Å². The maximum Gasteiger partial charge on any atom is 0.276 e. The van der Waals surface area contributed by atoms with E-state index in [-0.39, 0.29) is 5.91 Å². The van der Waals surface area contributed by atoms with Gasteiger partial charge in [-0.2, -0.15) is 11.8 Å². The molecular formula is C15H17ClN4OS. The van der Waals surface area contributed by atoms with Gasteiger partial charge in [0.05, 0.1) is 6.20 Å². The summed E-state index contributed by atoms with van der Waals surface area (Å²) in [5.74, 6) is 0.843. The molecule has 1 saturated heterocycles. The molecule has 0 unspecified atom stereocenters. The zero-order chi connectivity index (χ0) is 15.5. The molecule has 7 heteroatoms. The Hall–Kier alpha value is -1.53. The van der Waals surface area contributed by atoms with Gasteiger partial charge in [0.15, 0.2) is 5.69 Å². The number of aromatic nitrogens is 3. The van der Waals surface area contributed by atoms with Gasteiger partial charge in [-0.1, -0.05) is 35.0 Å². The van der Waals surface area contributed by atoms with E-state index in [0.717, 1.165) is 29.3 Å². The fraction of sp³-hybridized carbons (Fsp3) is 0.400. The van der Waals surface area contributed by atoms with Gasteiger partial charge >= 0.3 is 0 Å². The van der Waals surface area contributed by atoms with E-state index >= 15 is 0 Å².